The quantitative estimate of drug-likeness (QED) is 0.859. The van der Waals surface area contributed by atoms with Gasteiger partial charge in [-0.2, -0.15) is 0 Å². The van der Waals surface area contributed by atoms with Crippen LogP contribution in [0.5, 0.6) is 0 Å². The molecule has 0 radical (unpaired) electrons. The molecule has 0 amide bonds. The molecule has 1 N–H and O–H groups in total. The summed E-state index contributed by atoms with van der Waals surface area (Å²) in [5.74, 6) is 0.735. The largest absolute Gasteiger partial charge is 0.311 e. The highest BCUT2D eigenvalue weighted by molar-refractivity contribution is 7.09. The lowest BCUT2D eigenvalue weighted by Gasteiger charge is -2.42. The highest BCUT2D eigenvalue weighted by Gasteiger charge is 2.28. The summed E-state index contributed by atoms with van der Waals surface area (Å²) < 4.78 is 0. The topological polar surface area (TPSA) is 15.3 Å². The standard InChI is InChI=1S/C16H28N2S/c1-4-6-14-12-18(16(11-17-14)13(2)3)9-8-15-7-5-10-19-15/h5,7,10,13-14,16-17H,4,6,8-9,11-12H2,1-3H3. The molecule has 108 valence electrons. The first-order chi connectivity index (χ1) is 9.20. The van der Waals surface area contributed by atoms with Crippen LogP contribution in [0.25, 0.3) is 0 Å². The molecule has 0 aliphatic carbocycles. The van der Waals surface area contributed by atoms with E-state index in [9.17, 15) is 0 Å². The molecule has 0 bridgehead atoms. The van der Waals surface area contributed by atoms with Crippen LogP contribution >= 0.6 is 11.3 Å². The minimum atomic E-state index is 0.698. The molecule has 0 spiro atoms. The number of rotatable bonds is 6. The lowest BCUT2D eigenvalue weighted by Crippen LogP contribution is -2.58. The summed E-state index contributed by atoms with van der Waals surface area (Å²) in [5.41, 5.74) is 0. The molecule has 1 aliphatic heterocycles. The maximum absolute atomic E-state index is 3.74. The average Bonchev–Trinajstić information content (AvgIpc) is 2.89. The van der Waals surface area contributed by atoms with Crippen LogP contribution in [-0.4, -0.2) is 36.6 Å². The van der Waals surface area contributed by atoms with Gasteiger partial charge in [0.2, 0.25) is 0 Å². The summed E-state index contributed by atoms with van der Waals surface area (Å²) in [6.07, 6.45) is 3.79. The smallest absolute Gasteiger partial charge is 0.0244 e. The van der Waals surface area contributed by atoms with Crippen LogP contribution in [0, 0.1) is 5.92 Å². The van der Waals surface area contributed by atoms with E-state index in [4.69, 9.17) is 0 Å². The zero-order valence-corrected chi connectivity index (χ0v) is 13.4. The minimum Gasteiger partial charge on any atom is -0.311 e. The molecule has 3 heteroatoms. The van der Waals surface area contributed by atoms with Crippen LogP contribution in [0.4, 0.5) is 0 Å². The summed E-state index contributed by atoms with van der Waals surface area (Å²) in [7, 11) is 0. The highest BCUT2D eigenvalue weighted by Crippen LogP contribution is 2.18. The molecule has 2 nitrogen and oxygen atoms in total. The molecule has 1 aliphatic rings. The first kappa shape index (κ1) is 15.0. The Morgan fingerprint density at radius 2 is 2.32 bits per heavy atom. The van der Waals surface area contributed by atoms with Gasteiger partial charge in [0.05, 0.1) is 0 Å². The molecule has 2 atom stereocenters. The Kier molecular flexibility index (Phi) is 5.86. The second-order valence-electron chi connectivity index (χ2n) is 6.03. The molecule has 1 aromatic rings. The van der Waals surface area contributed by atoms with Crippen LogP contribution in [0.15, 0.2) is 17.5 Å². The molecular weight excluding hydrogens is 252 g/mol. The molecule has 0 saturated carbocycles. The van der Waals surface area contributed by atoms with Crippen molar-refractivity contribution >= 4 is 11.3 Å². The van der Waals surface area contributed by atoms with Gasteiger partial charge in [-0.15, -0.1) is 11.3 Å². The van der Waals surface area contributed by atoms with E-state index in [2.05, 4.69) is 48.5 Å². The van der Waals surface area contributed by atoms with Gasteiger partial charge < -0.3 is 5.32 Å². The third-order valence-corrected chi connectivity index (χ3v) is 5.11. The van der Waals surface area contributed by atoms with Crippen molar-refractivity contribution in [3.05, 3.63) is 22.4 Å². The predicted molar refractivity (Wildman–Crippen MR) is 84.9 cm³/mol. The Balaban J connectivity index is 1.91. The van der Waals surface area contributed by atoms with Crippen molar-refractivity contribution < 1.29 is 0 Å². The number of hydrogen-bond donors (Lipinski definition) is 1. The van der Waals surface area contributed by atoms with Gasteiger partial charge in [-0.05, 0) is 30.2 Å². The van der Waals surface area contributed by atoms with E-state index < -0.39 is 0 Å². The molecule has 1 fully saturated rings. The van der Waals surface area contributed by atoms with E-state index in [1.165, 1.54) is 37.2 Å². The van der Waals surface area contributed by atoms with Crippen molar-refractivity contribution in [3.8, 4) is 0 Å². The second kappa shape index (κ2) is 7.41. The molecular formula is C16H28N2S. The van der Waals surface area contributed by atoms with Gasteiger partial charge in [-0.3, -0.25) is 4.90 Å². The Morgan fingerprint density at radius 1 is 1.47 bits per heavy atom. The van der Waals surface area contributed by atoms with Gasteiger partial charge in [-0.25, -0.2) is 0 Å². The highest BCUT2D eigenvalue weighted by atomic mass is 32.1. The summed E-state index contributed by atoms with van der Waals surface area (Å²) in [6, 6.07) is 5.83. The van der Waals surface area contributed by atoms with Crippen LogP contribution in [0.2, 0.25) is 0 Å². The normalized spacial score (nSPS) is 25.1. The molecule has 2 heterocycles. The number of nitrogens with one attached hydrogen (secondary N) is 1. The summed E-state index contributed by atoms with van der Waals surface area (Å²) in [5, 5.41) is 5.92. The molecule has 1 aromatic heterocycles. The summed E-state index contributed by atoms with van der Waals surface area (Å²) in [4.78, 5) is 4.24. The first-order valence-electron chi connectivity index (χ1n) is 7.70. The van der Waals surface area contributed by atoms with E-state index in [0.29, 0.717) is 12.1 Å². The molecule has 2 unspecified atom stereocenters. The van der Waals surface area contributed by atoms with Gasteiger partial charge in [0.15, 0.2) is 0 Å². The fourth-order valence-corrected chi connectivity index (χ4v) is 3.76. The average molecular weight is 280 g/mol. The van der Waals surface area contributed by atoms with Gasteiger partial charge in [-0.1, -0.05) is 33.3 Å². The van der Waals surface area contributed by atoms with Gasteiger partial charge in [0, 0.05) is 36.6 Å². The number of hydrogen-bond acceptors (Lipinski definition) is 3. The Morgan fingerprint density at radius 3 is 2.95 bits per heavy atom. The number of piperazine rings is 1. The van der Waals surface area contributed by atoms with Crippen molar-refractivity contribution in [2.75, 3.05) is 19.6 Å². The zero-order valence-electron chi connectivity index (χ0n) is 12.6. The van der Waals surface area contributed by atoms with Crippen LogP contribution in [0.1, 0.15) is 38.5 Å². The van der Waals surface area contributed by atoms with Crippen LogP contribution in [0.3, 0.4) is 0 Å². The third kappa shape index (κ3) is 4.30. The van der Waals surface area contributed by atoms with Crippen molar-refractivity contribution in [1.82, 2.24) is 10.2 Å². The summed E-state index contributed by atoms with van der Waals surface area (Å²) in [6.45, 7) is 10.6. The fourth-order valence-electron chi connectivity index (χ4n) is 3.06. The zero-order chi connectivity index (χ0) is 13.7. The van der Waals surface area contributed by atoms with Crippen molar-refractivity contribution in [2.45, 2.75) is 52.1 Å². The predicted octanol–water partition coefficient (Wildman–Crippen LogP) is 3.39. The van der Waals surface area contributed by atoms with E-state index in [-0.39, 0.29) is 0 Å². The lowest BCUT2D eigenvalue weighted by atomic mass is 9.97. The van der Waals surface area contributed by atoms with E-state index in [1.54, 1.807) is 0 Å². The Bertz CT molecular complexity index is 348. The molecule has 1 saturated heterocycles. The van der Waals surface area contributed by atoms with Gasteiger partial charge in [0.25, 0.3) is 0 Å². The van der Waals surface area contributed by atoms with Gasteiger partial charge >= 0.3 is 0 Å². The third-order valence-electron chi connectivity index (χ3n) is 4.17. The minimum absolute atomic E-state index is 0.698. The maximum Gasteiger partial charge on any atom is 0.0244 e. The lowest BCUT2D eigenvalue weighted by molar-refractivity contribution is 0.0971. The summed E-state index contributed by atoms with van der Waals surface area (Å²) >= 11 is 1.89. The fraction of sp³-hybridized carbons (Fsp3) is 0.750. The molecule has 2 rings (SSSR count). The molecule has 19 heavy (non-hydrogen) atoms. The van der Waals surface area contributed by atoms with Crippen molar-refractivity contribution in [1.29, 1.82) is 0 Å². The second-order valence-corrected chi connectivity index (χ2v) is 7.06. The van der Waals surface area contributed by atoms with Crippen LogP contribution < -0.4 is 5.32 Å². The van der Waals surface area contributed by atoms with E-state index in [0.717, 1.165) is 12.5 Å². The molecule has 0 aromatic carbocycles. The Labute approximate surface area is 122 Å². The number of thiophene rings is 1. The van der Waals surface area contributed by atoms with Crippen LogP contribution in [-0.2, 0) is 6.42 Å². The van der Waals surface area contributed by atoms with Gasteiger partial charge in [0.1, 0.15) is 0 Å². The van der Waals surface area contributed by atoms with E-state index in [1.807, 2.05) is 11.3 Å². The first-order valence-corrected chi connectivity index (χ1v) is 8.58. The van der Waals surface area contributed by atoms with E-state index >= 15 is 0 Å². The monoisotopic (exact) mass is 280 g/mol. The van der Waals surface area contributed by atoms with Crippen molar-refractivity contribution in [3.63, 3.8) is 0 Å². The maximum atomic E-state index is 3.74. The SMILES string of the molecule is CCCC1CN(CCc2cccs2)C(C(C)C)CN1. The Hall–Kier alpha value is -0.380. The van der Waals surface area contributed by atoms with Crippen molar-refractivity contribution in [2.24, 2.45) is 5.92 Å². The number of nitrogens with zero attached hydrogens (tertiary/aromatic N) is 1.